The summed E-state index contributed by atoms with van der Waals surface area (Å²) in [5.41, 5.74) is 5.16. The van der Waals surface area contributed by atoms with Crippen LogP contribution in [0.15, 0.2) is 75.5 Å². The Bertz CT molecular complexity index is 792. The predicted octanol–water partition coefficient (Wildman–Crippen LogP) is 4.84. The van der Waals surface area contributed by atoms with Gasteiger partial charge < -0.3 is 4.74 Å². The quantitative estimate of drug-likeness (QED) is 0.734. The Morgan fingerprint density at radius 3 is 2.50 bits per heavy atom. The van der Waals surface area contributed by atoms with Crippen molar-refractivity contribution in [1.82, 2.24) is 0 Å². The lowest BCUT2D eigenvalue weighted by Crippen LogP contribution is -2.27. The first-order chi connectivity index (χ1) is 11.4. The summed E-state index contributed by atoms with van der Waals surface area (Å²) in [6, 6.07) is 10.4. The van der Waals surface area contributed by atoms with E-state index >= 15 is 0 Å². The second-order valence-electron chi connectivity index (χ2n) is 6.85. The van der Waals surface area contributed by atoms with Crippen LogP contribution in [0.5, 0.6) is 0 Å². The Balaban J connectivity index is 2.01. The third-order valence-corrected chi connectivity index (χ3v) is 4.30. The van der Waals surface area contributed by atoms with E-state index in [0.717, 1.165) is 22.8 Å². The SMILES string of the molecule is COC1=CC(=N[C@H](C)c2ccccc2)C=C2C(C)=CC(C)(C)N=C12. The van der Waals surface area contributed by atoms with Crippen LogP contribution in [-0.2, 0) is 4.74 Å². The van der Waals surface area contributed by atoms with Gasteiger partial charge in [0.15, 0.2) is 0 Å². The molecule has 24 heavy (non-hydrogen) atoms. The molecular weight excluding hydrogens is 296 g/mol. The molecule has 0 aromatic heterocycles. The molecule has 0 bridgehead atoms. The number of benzene rings is 1. The van der Waals surface area contributed by atoms with Crippen molar-refractivity contribution in [3.63, 3.8) is 0 Å². The summed E-state index contributed by atoms with van der Waals surface area (Å²) in [7, 11) is 1.69. The van der Waals surface area contributed by atoms with E-state index in [0.29, 0.717) is 0 Å². The normalized spacial score (nSPS) is 22.0. The smallest absolute Gasteiger partial charge is 0.146 e. The molecule has 2 aliphatic rings. The maximum atomic E-state index is 5.60. The van der Waals surface area contributed by atoms with Crippen molar-refractivity contribution in [3.8, 4) is 0 Å². The molecule has 3 rings (SSSR count). The van der Waals surface area contributed by atoms with E-state index < -0.39 is 0 Å². The Kier molecular flexibility index (Phi) is 4.27. The molecule has 0 spiro atoms. The summed E-state index contributed by atoms with van der Waals surface area (Å²) >= 11 is 0. The van der Waals surface area contributed by atoms with Gasteiger partial charge in [-0.05, 0) is 44.9 Å². The van der Waals surface area contributed by atoms with Gasteiger partial charge in [-0.3, -0.25) is 9.98 Å². The summed E-state index contributed by atoms with van der Waals surface area (Å²) in [4.78, 5) is 9.70. The fourth-order valence-corrected chi connectivity index (χ4v) is 3.20. The predicted molar refractivity (Wildman–Crippen MR) is 101 cm³/mol. The minimum atomic E-state index is -0.208. The molecular formula is C21H24N2O. The van der Waals surface area contributed by atoms with E-state index in [2.05, 4.69) is 52.0 Å². The van der Waals surface area contributed by atoms with Crippen molar-refractivity contribution in [2.45, 2.75) is 39.3 Å². The molecule has 1 aliphatic carbocycles. The van der Waals surface area contributed by atoms with Gasteiger partial charge in [0.25, 0.3) is 0 Å². The van der Waals surface area contributed by atoms with Crippen LogP contribution in [-0.4, -0.2) is 24.1 Å². The number of nitrogens with zero attached hydrogens (tertiary/aromatic N) is 2. The van der Waals surface area contributed by atoms with Crippen molar-refractivity contribution in [3.05, 3.63) is 71.0 Å². The van der Waals surface area contributed by atoms with Gasteiger partial charge in [-0.15, -0.1) is 0 Å². The number of ether oxygens (including phenoxy) is 1. The second kappa shape index (κ2) is 6.23. The van der Waals surface area contributed by atoms with Crippen molar-refractivity contribution in [2.75, 3.05) is 7.11 Å². The van der Waals surface area contributed by atoms with Gasteiger partial charge in [-0.2, -0.15) is 0 Å². The first-order valence-electron chi connectivity index (χ1n) is 8.30. The zero-order valence-corrected chi connectivity index (χ0v) is 15.0. The second-order valence-corrected chi connectivity index (χ2v) is 6.85. The summed E-state index contributed by atoms with van der Waals surface area (Å²) in [5, 5.41) is 0. The lowest BCUT2D eigenvalue weighted by Gasteiger charge is -2.29. The molecule has 124 valence electrons. The van der Waals surface area contributed by atoms with Gasteiger partial charge in [0.2, 0.25) is 0 Å². The monoisotopic (exact) mass is 320 g/mol. The minimum absolute atomic E-state index is 0.0928. The molecule has 3 nitrogen and oxygen atoms in total. The maximum absolute atomic E-state index is 5.60. The molecule has 1 aliphatic heterocycles. The molecule has 0 N–H and O–H groups in total. The fraction of sp³-hybridized carbons (Fsp3) is 0.333. The minimum Gasteiger partial charge on any atom is -0.494 e. The molecule has 1 atom stereocenters. The third kappa shape index (κ3) is 3.25. The Labute approximate surface area is 144 Å². The lowest BCUT2D eigenvalue weighted by molar-refractivity contribution is 0.314. The number of allylic oxidation sites excluding steroid dienone is 4. The molecule has 0 saturated carbocycles. The highest BCUT2D eigenvalue weighted by Gasteiger charge is 2.29. The topological polar surface area (TPSA) is 34.0 Å². The summed E-state index contributed by atoms with van der Waals surface area (Å²) < 4.78 is 5.60. The molecule has 1 aromatic rings. The Morgan fingerprint density at radius 2 is 1.83 bits per heavy atom. The molecule has 0 radical (unpaired) electrons. The summed E-state index contributed by atoms with van der Waals surface area (Å²) in [5.74, 6) is 0.784. The summed E-state index contributed by atoms with van der Waals surface area (Å²) in [6.07, 6.45) is 6.29. The van der Waals surface area contributed by atoms with E-state index in [1.54, 1.807) is 7.11 Å². The van der Waals surface area contributed by atoms with Gasteiger partial charge in [0.1, 0.15) is 11.5 Å². The van der Waals surface area contributed by atoms with Gasteiger partial charge in [-0.1, -0.05) is 36.4 Å². The van der Waals surface area contributed by atoms with Crippen molar-refractivity contribution in [2.24, 2.45) is 9.98 Å². The molecule has 0 amide bonds. The molecule has 0 unspecified atom stereocenters. The van der Waals surface area contributed by atoms with Crippen LogP contribution >= 0.6 is 0 Å². The first kappa shape index (κ1) is 16.4. The van der Waals surface area contributed by atoms with E-state index in [1.165, 1.54) is 11.1 Å². The van der Waals surface area contributed by atoms with Gasteiger partial charge >= 0.3 is 0 Å². The van der Waals surface area contributed by atoms with Crippen LogP contribution < -0.4 is 0 Å². The van der Waals surface area contributed by atoms with Gasteiger partial charge in [-0.25, -0.2) is 0 Å². The van der Waals surface area contributed by atoms with Gasteiger partial charge in [0, 0.05) is 11.6 Å². The van der Waals surface area contributed by atoms with Crippen LogP contribution in [0.4, 0.5) is 0 Å². The zero-order chi connectivity index (χ0) is 17.3. The van der Waals surface area contributed by atoms with Crippen molar-refractivity contribution < 1.29 is 4.74 Å². The molecule has 1 aromatic carbocycles. The Hall–Kier alpha value is -2.42. The standard InChI is InChI=1S/C21H24N2O/c1-14-13-21(3,4)23-20-18(14)11-17(12-19(20)24-5)22-15(2)16-9-7-6-8-10-16/h6-13,15H,1-5H3/t15-/m1/s1. The Morgan fingerprint density at radius 1 is 1.12 bits per heavy atom. The molecule has 0 fully saturated rings. The van der Waals surface area contributed by atoms with Crippen LogP contribution in [0.3, 0.4) is 0 Å². The number of hydrogen-bond acceptors (Lipinski definition) is 3. The van der Waals surface area contributed by atoms with E-state index in [9.17, 15) is 0 Å². The van der Waals surface area contributed by atoms with Crippen molar-refractivity contribution in [1.29, 1.82) is 0 Å². The van der Waals surface area contributed by atoms with Crippen LogP contribution in [0, 0.1) is 0 Å². The first-order valence-corrected chi connectivity index (χ1v) is 8.30. The number of dihydropyridines is 1. The number of methoxy groups -OCH3 is 1. The summed E-state index contributed by atoms with van der Waals surface area (Å²) in [6.45, 7) is 8.44. The van der Waals surface area contributed by atoms with Crippen LogP contribution in [0.1, 0.15) is 39.3 Å². The van der Waals surface area contributed by atoms with Crippen LogP contribution in [0.2, 0.25) is 0 Å². The number of rotatable bonds is 3. The maximum Gasteiger partial charge on any atom is 0.146 e. The van der Waals surface area contributed by atoms with E-state index in [4.69, 9.17) is 14.7 Å². The van der Waals surface area contributed by atoms with Crippen LogP contribution in [0.25, 0.3) is 0 Å². The number of aliphatic imine (C=N–C) groups is 2. The highest BCUT2D eigenvalue weighted by Crippen LogP contribution is 2.32. The molecule has 3 heteroatoms. The average molecular weight is 320 g/mol. The van der Waals surface area contributed by atoms with Gasteiger partial charge in [0.05, 0.1) is 24.4 Å². The average Bonchev–Trinajstić information content (AvgIpc) is 2.55. The fourth-order valence-electron chi connectivity index (χ4n) is 3.20. The number of hydrogen-bond donors (Lipinski definition) is 0. The lowest BCUT2D eigenvalue weighted by atomic mass is 9.87. The highest BCUT2D eigenvalue weighted by molar-refractivity contribution is 6.25. The largest absolute Gasteiger partial charge is 0.494 e. The molecule has 1 heterocycles. The molecule has 0 saturated heterocycles. The highest BCUT2D eigenvalue weighted by atomic mass is 16.5. The van der Waals surface area contributed by atoms with Crippen molar-refractivity contribution >= 4 is 11.4 Å². The number of fused-ring (bicyclic) bond motifs is 1. The third-order valence-electron chi connectivity index (χ3n) is 4.30. The zero-order valence-electron chi connectivity index (χ0n) is 15.0. The van der Waals surface area contributed by atoms with E-state index in [-0.39, 0.29) is 11.6 Å². The van der Waals surface area contributed by atoms with E-state index in [1.807, 2.05) is 24.3 Å².